The van der Waals surface area contributed by atoms with E-state index < -0.39 is 0 Å². The van der Waals surface area contributed by atoms with Gasteiger partial charge in [-0.05, 0) is 51.7 Å². The van der Waals surface area contributed by atoms with E-state index in [2.05, 4.69) is 84.5 Å². The van der Waals surface area contributed by atoms with Gasteiger partial charge in [0.1, 0.15) is 11.6 Å². The number of fused-ring (bicyclic) bond motifs is 2. The second-order valence-corrected chi connectivity index (χ2v) is 12.9. The summed E-state index contributed by atoms with van der Waals surface area (Å²) < 4.78 is 8.25. The Labute approximate surface area is 242 Å². The molecule has 1 saturated heterocycles. The van der Waals surface area contributed by atoms with Crippen LogP contribution in [0.5, 0.6) is 0 Å². The fourth-order valence-corrected chi connectivity index (χ4v) is 7.00. The number of hydrogen-bond acceptors (Lipinski definition) is 7. The van der Waals surface area contributed by atoms with Crippen molar-refractivity contribution in [2.75, 3.05) is 36.0 Å². The normalized spacial score (nSPS) is 20.6. The molecule has 1 aromatic carbocycles. The van der Waals surface area contributed by atoms with Crippen LogP contribution in [0.15, 0.2) is 18.2 Å². The van der Waals surface area contributed by atoms with Crippen LogP contribution in [0.2, 0.25) is 0 Å². The summed E-state index contributed by atoms with van der Waals surface area (Å²) in [5.41, 5.74) is 7.92. The molecule has 4 aromatic rings. The molecule has 1 N–H and O–H groups in total. The zero-order valence-electron chi connectivity index (χ0n) is 25.3. The van der Waals surface area contributed by atoms with Crippen molar-refractivity contribution in [1.82, 2.24) is 29.9 Å². The summed E-state index contributed by atoms with van der Waals surface area (Å²) in [7, 11) is 2.08. The van der Waals surface area contributed by atoms with E-state index in [0.717, 1.165) is 85.1 Å². The van der Waals surface area contributed by atoms with Gasteiger partial charge >= 0.3 is 0 Å². The van der Waals surface area contributed by atoms with E-state index in [9.17, 15) is 0 Å². The first-order chi connectivity index (χ1) is 19.7. The molecule has 2 fully saturated rings. The summed E-state index contributed by atoms with van der Waals surface area (Å²) in [6.07, 6.45) is 4.63. The lowest BCUT2D eigenvalue weighted by molar-refractivity contribution is -0.0310. The monoisotopic (exact) mass is 554 g/mol. The Morgan fingerprint density at radius 3 is 2.66 bits per heavy atom. The summed E-state index contributed by atoms with van der Waals surface area (Å²) in [6.45, 7) is 15.3. The van der Waals surface area contributed by atoms with E-state index in [1.807, 2.05) is 0 Å². The Bertz CT molecular complexity index is 1610. The highest BCUT2D eigenvalue weighted by atomic mass is 16.5. The Hall–Kier alpha value is -3.46. The highest BCUT2D eigenvalue weighted by molar-refractivity contribution is 5.96. The van der Waals surface area contributed by atoms with E-state index in [-0.39, 0.29) is 11.5 Å². The van der Waals surface area contributed by atoms with Crippen molar-refractivity contribution in [1.29, 1.82) is 0 Å². The van der Waals surface area contributed by atoms with Gasteiger partial charge in [0.25, 0.3) is 0 Å². The molecular weight excluding hydrogens is 512 g/mol. The second-order valence-electron chi connectivity index (χ2n) is 12.9. The molecule has 2 aliphatic heterocycles. The van der Waals surface area contributed by atoms with Crippen molar-refractivity contribution in [2.45, 2.75) is 78.9 Å². The molecule has 3 aromatic heterocycles. The van der Waals surface area contributed by atoms with Gasteiger partial charge in [-0.15, -0.1) is 0 Å². The van der Waals surface area contributed by atoms with Crippen LogP contribution in [0.4, 0.5) is 11.6 Å². The number of hydrogen-bond donors (Lipinski definition) is 1. The van der Waals surface area contributed by atoms with Crippen LogP contribution in [0.3, 0.4) is 0 Å². The quantitative estimate of drug-likeness (QED) is 0.339. The van der Waals surface area contributed by atoms with Crippen LogP contribution >= 0.6 is 0 Å². The van der Waals surface area contributed by atoms with Crippen LogP contribution in [-0.2, 0) is 24.8 Å². The lowest BCUT2D eigenvalue weighted by Gasteiger charge is -2.45. The average molecular weight is 555 g/mol. The molecule has 9 heteroatoms. The standard InChI is InChI=1S/C32H42N8O/c1-7-41-26-13-15-40(18-32(26,4)5)31-22-17-39(27-16-25(21-9-10-21)37-38(27)6)14-12-23(22)33-30(34-31)28-19(2)8-11-24-29(28)20(3)35-36-24/h8,11,16,21,26H,7,9-10,12-15,17-18H2,1-6H3,(H,35,36)/t26-/m1/s1. The number of benzene rings is 1. The molecule has 0 amide bonds. The van der Waals surface area contributed by atoms with Gasteiger partial charge in [-0.2, -0.15) is 10.2 Å². The van der Waals surface area contributed by atoms with E-state index >= 15 is 0 Å². The van der Waals surface area contributed by atoms with Gasteiger partial charge in [-0.25, -0.2) is 9.97 Å². The number of H-pyrrole nitrogens is 1. The third kappa shape index (κ3) is 4.58. The zero-order chi connectivity index (χ0) is 28.5. The number of rotatable bonds is 6. The molecule has 1 saturated carbocycles. The number of nitrogens with zero attached hydrogens (tertiary/aromatic N) is 7. The first kappa shape index (κ1) is 26.4. The predicted molar refractivity (Wildman–Crippen MR) is 163 cm³/mol. The number of aromatic amines is 1. The molecule has 5 heterocycles. The minimum absolute atomic E-state index is 0.0128. The topological polar surface area (TPSA) is 88.0 Å². The van der Waals surface area contributed by atoms with Crippen LogP contribution in [0, 0.1) is 19.3 Å². The van der Waals surface area contributed by atoms with Gasteiger partial charge in [-0.3, -0.25) is 9.78 Å². The Balaban J connectivity index is 1.33. The number of piperidine rings is 1. The third-order valence-electron chi connectivity index (χ3n) is 9.36. The Morgan fingerprint density at radius 1 is 1.07 bits per heavy atom. The Kier molecular flexibility index (Phi) is 6.34. The molecule has 0 unspecified atom stereocenters. The maximum absolute atomic E-state index is 6.18. The summed E-state index contributed by atoms with van der Waals surface area (Å²) in [5.74, 6) is 3.71. The largest absolute Gasteiger partial charge is 0.378 e. The minimum Gasteiger partial charge on any atom is -0.378 e. The van der Waals surface area contributed by atoms with Crippen molar-refractivity contribution in [2.24, 2.45) is 12.5 Å². The number of ether oxygens (including phenoxy) is 1. The fourth-order valence-electron chi connectivity index (χ4n) is 7.00. The summed E-state index contributed by atoms with van der Waals surface area (Å²) in [4.78, 5) is 15.7. The molecule has 7 rings (SSSR count). The van der Waals surface area contributed by atoms with Crippen molar-refractivity contribution >= 4 is 22.5 Å². The van der Waals surface area contributed by atoms with Crippen LogP contribution in [0.25, 0.3) is 22.3 Å². The fraction of sp³-hybridized carbons (Fsp3) is 0.562. The molecule has 3 aliphatic rings. The number of anilines is 2. The molecule has 41 heavy (non-hydrogen) atoms. The molecule has 0 radical (unpaired) electrons. The first-order valence-corrected chi connectivity index (χ1v) is 15.2. The third-order valence-corrected chi connectivity index (χ3v) is 9.36. The van der Waals surface area contributed by atoms with Gasteiger partial charge in [-0.1, -0.05) is 19.9 Å². The van der Waals surface area contributed by atoms with Gasteiger partial charge in [0, 0.05) is 85.9 Å². The van der Waals surface area contributed by atoms with Gasteiger partial charge in [0.2, 0.25) is 0 Å². The van der Waals surface area contributed by atoms with Crippen molar-refractivity contribution in [3.05, 3.63) is 46.4 Å². The smallest absolute Gasteiger partial charge is 0.162 e. The van der Waals surface area contributed by atoms with E-state index in [1.54, 1.807) is 0 Å². The van der Waals surface area contributed by atoms with Crippen LogP contribution in [-0.4, -0.2) is 62.3 Å². The maximum atomic E-state index is 6.18. The molecule has 1 atom stereocenters. The van der Waals surface area contributed by atoms with Gasteiger partial charge in [0.15, 0.2) is 5.82 Å². The average Bonchev–Trinajstić information content (AvgIpc) is 3.63. The number of nitrogens with one attached hydrogen (secondary N) is 1. The molecule has 0 spiro atoms. The lowest BCUT2D eigenvalue weighted by atomic mass is 9.81. The Morgan fingerprint density at radius 2 is 1.90 bits per heavy atom. The predicted octanol–water partition coefficient (Wildman–Crippen LogP) is 5.45. The van der Waals surface area contributed by atoms with Crippen molar-refractivity contribution < 1.29 is 4.74 Å². The maximum Gasteiger partial charge on any atom is 0.162 e. The summed E-state index contributed by atoms with van der Waals surface area (Å²) in [6, 6.07) is 6.53. The van der Waals surface area contributed by atoms with Crippen LogP contribution < -0.4 is 9.80 Å². The highest BCUT2D eigenvalue weighted by Gasteiger charge is 2.39. The minimum atomic E-state index is 0.0128. The van der Waals surface area contributed by atoms with Crippen molar-refractivity contribution in [3.8, 4) is 11.4 Å². The SMILES string of the molecule is CCO[C@@H]1CCN(c2nc(-c3c(C)ccc4n[nH]c(C)c34)nc3c2CN(c2cc(C4CC4)nn2C)CC3)CC1(C)C. The molecular formula is C32H42N8O. The van der Waals surface area contributed by atoms with Gasteiger partial charge < -0.3 is 14.5 Å². The number of aryl methyl sites for hydroxylation is 3. The first-order valence-electron chi connectivity index (χ1n) is 15.2. The van der Waals surface area contributed by atoms with E-state index in [4.69, 9.17) is 19.8 Å². The van der Waals surface area contributed by atoms with Crippen LogP contribution in [0.1, 0.15) is 74.2 Å². The lowest BCUT2D eigenvalue weighted by Crippen LogP contribution is -2.50. The second kappa shape index (κ2) is 9.82. The van der Waals surface area contributed by atoms with E-state index in [1.165, 1.54) is 35.5 Å². The molecule has 216 valence electrons. The molecule has 9 nitrogen and oxygen atoms in total. The zero-order valence-corrected chi connectivity index (χ0v) is 25.3. The van der Waals surface area contributed by atoms with Crippen molar-refractivity contribution in [3.63, 3.8) is 0 Å². The highest BCUT2D eigenvalue weighted by Crippen LogP contribution is 2.42. The van der Waals surface area contributed by atoms with Gasteiger partial charge in [0.05, 0.1) is 23.0 Å². The van der Waals surface area contributed by atoms with E-state index in [0.29, 0.717) is 5.92 Å². The molecule has 0 bridgehead atoms. The summed E-state index contributed by atoms with van der Waals surface area (Å²) in [5, 5.41) is 13.7. The molecule has 1 aliphatic carbocycles. The number of aromatic nitrogens is 6. The summed E-state index contributed by atoms with van der Waals surface area (Å²) >= 11 is 0.